The van der Waals surface area contributed by atoms with Crippen LogP contribution < -0.4 is 14.8 Å². The Balaban J connectivity index is 1.37. The maximum absolute atomic E-state index is 12.7. The Morgan fingerprint density at radius 2 is 2.00 bits per heavy atom. The van der Waals surface area contributed by atoms with Gasteiger partial charge in [-0.05, 0) is 55.2 Å². The van der Waals surface area contributed by atoms with E-state index in [1.165, 1.54) is 5.57 Å². The first-order chi connectivity index (χ1) is 16.0. The number of carbonyl (C=O) groups is 1. The SMILES string of the molecule is COc1ccc(NC(=O)N2CC/C(=C\c3cccc(Oc4ccc(C)nc4)c3)C(C)C2)cn1. The maximum atomic E-state index is 12.7. The number of methoxy groups -OCH3 is 1. The second-order valence-electron chi connectivity index (χ2n) is 8.15. The fourth-order valence-electron chi connectivity index (χ4n) is 3.76. The number of nitrogens with one attached hydrogen (secondary N) is 1. The van der Waals surface area contributed by atoms with E-state index < -0.39 is 0 Å². The lowest BCUT2D eigenvalue weighted by atomic mass is 9.91. The molecule has 7 heteroatoms. The Morgan fingerprint density at radius 1 is 1.12 bits per heavy atom. The van der Waals surface area contributed by atoms with Gasteiger partial charge in [0.15, 0.2) is 0 Å². The van der Waals surface area contributed by atoms with Crippen LogP contribution in [0.15, 0.2) is 66.5 Å². The number of ether oxygens (including phenoxy) is 2. The summed E-state index contributed by atoms with van der Waals surface area (Å²) >= 11 is 0. The minimum absolute atomic E-state index is 0.116. The summed E-state index contributed by atoms with van der Waals surface area (Å²) in [5, 5.41) is 2.91. The van der Waals surface area contributed by atoms with Gasteiger partial charge in [0.25, 0.3) is 0 Å². The van der Waals surface area contributed by atoms with Gasteiger partial charge >= 0.3 is 6.03 Å². The predicted molar refractivity (Wildman–Crippen MR) is 129 cm³/mol. The first-order valence-corrected chi connectivity index (χ1v) is 11.0. The molecule has 0 bridgehead atoms. The third-order valence-corrected chi connectivity index (χ3v) is 5.61. The number of amides is 2. The fraction of sp³-hybridized carbons (Fsp3) is 0.269. The van der Waals surface area contributed by atoms with Crippen LogP contribution >= 0.6 is 0 Å². The number of piperidine rings is 1. The van der Waals surface area contributed by atoms with Crippen LogP contribution in [0.3, 0.4) is 0 Å². The summed E-state index contributed by atoms with van der Waals surface area (Å²) < 4.78 is 11.0. The third-order valence-electron chi connectivity index (χ3n) is 5.61. The van der Waals surface area contributed by atoms with Crippen LogP contribution in [0.4, 0.5) is 10.5 Å². The average Bonchev–Trinajstić information content (AvgIpc) is 2.82. The zero-order valence-electron chi connectivity index (χ0n) is 19.1. The van der Waals surface area contributed by atoms with E-state index in [9.17, 15) is 4.79 Å². The zero-order chi connectivity index (χ0) is 23.2. The Bertz CT molecular complexity index is 1130. The summed E-state index contributed by atoms with van der Waals surface area (Å²) in [5.41, 5.74) is 4.00. The van der Waals surface area contributed by atoms with Crippen molar-refractivity contribution in [3.63, 3.8) is 0 Å². The lowest BCUT2D eigenvalue weighted by Crippen LogP contribution is -2.42. The van der Waals surface area contributed by atoms with Gasteiger partial charge in [0.2, 0.25) is 5.88 Å². The molecule has 1 aliphatic rings. The first-order valence-electron chi connectivity index (χ1n) is 11.0. The van der Waals surface area contributed by atoms with Crippen molar-refractivity contribution in [2.24, 2.45) is 5.92 Å². The number of hydrogen-bond donors (Lipinski definition) is 1. The van der Waals surface area contributed by atoms with E-state index in [0.717, 1.165) is 23.4 Å². The van der Waals surface area contributed by atoms with Crippen molar-refractivity contribution in [3.8, 4) is 17.4 Å². The Morgan fingerprint density at radius 3 is 2.70 bits per heavy atom. The van der Waals surface area contributed by atoms with E-state index in [1.54, 1.807) is 31.6 Å². The number of aryl methyl sites for hydroxylation is 1. The number of pyridine rings is 2. The molecule has 1 unspecified atom stereocenters. The Kier molecular flexibility index (Phi) is 6.88. The summed E-state index contributed by atoms with van der Waals surface area (Å²) in [6.45, 7) is 5.42. The molecule has 2 amide bonds. The van der Waals surface area contributed by atoms with Crippen molar-refractivity contribution in [2.75, 3.05) is 25.5 Å². The van der Waals surface area contributed by atoms with Crippen molar-refractivity contribution >= 4 is 17.8 Å². The highest BCUT2D eigenvalue weighted by Crippen LogP contribution is 2.28. The molecule has 3 aromatic rings. The van der Waals surface area contributed by atoms with Crippen molar-refractivity contribution in [2.45, 2.75) is 20.3 Å². The van der Waals surface area contributed by atoms with E-state index in [4.69, 9.17) is 9.47 Å². The van der Waals surface area contributed by atoms with Crippen LogP contribution in [-0.2, 0) is 0 Å². The van der Waals surface area contributed by atoms with Gasteiger partial charge in [0.05, 0.1) is 25.2 Å². The summed E-state index contributed by atoms with van der Waals surface area (Å²) in [6, 6.07) is 15.2. The smallest absolute Gasteiger partial charge is 0.321 e. The zero-order valence-corrected chi connectivity index (χ0v) is 19.1. The van der Waals surface area contributed by atoms with Crippen molar-refractivity contribution in [1.29, 1.82) is 0 Å². The highest BCUT2D eigenvalue weighted by atomic mass is 16.5. The Hall–Kier alpha value is -3.87. The highest BCUT2D eigenvalue weighted by molar-refractivity contribution is 5.89. The molecule has 0 radical (unpaired) electrons. The molecule has 0 spiro atoms. The average molecular weight is 445 g/mol. The lowest BCUT2D eigenvalue weighted by Gasteiger charge is -2.33. The summed E-state index contributed by atoms with van der Waals surface area (Å²) in [5.74, 6) is 2.25. The van der Waals surface area contributed by atoms with E-state index in [2.05, 4.69) is 34.4 Å². The van der Waals surface area contributed by atoms with Crippen molar-refractivity contribution in [3.05, 3.63) is 77.8 Å². The normalized spacial score (nSPS) is 17.0. The summed E-state index contributed by atoms with van der Waals surface area (Å²) in [7, 11) is 1.56. The number of likely N-dealkylation sites (tertiary alicyclic amines) is 1. The van der Waals surface area contributed by atoms with Gasteiger partial charge < -0.3 is 19.7 Å². The van der Waals surface area contributed by atoms with Crippen LogP contribution in [0.1, 0.15) is 24.6 Å². The van der Waals surface area contributed by atoms with Gasteiger partial charge in [-0.3, -0.25) is 4.98 Å². The molecular weight excluding hydrogens is 416 g/mol. The number of hydrogen-bond acceptors (Lipinski definition) is 5. The molecular formula is C26H28N4O3. The third kappa shape index (κ3) is 5.88. The largest absolute Gasteiger partial charge is 0.481 e. The van der Waals surface area contributed by atoms with E-state index >= 15 is 0 Å². The van der Waals surface area contributed by atoms with Gasteiger partial charge in [0.1, 0.15) is 11.5 Å². The molecule has 4 rings (SSSR count). The number of aromatic nitrogens is 2. The predicted octanol–water partition coefficient (Wildman–Crippen LogP) is 5.54. The second-order valence-corrected chi connectivity index (χ2v) is 8.15. The number of carbonyl (C=O) groups excluding carboxylic acids is 1. The molecule has 2 aromatic heterocycles. The highest BCUT2D eigenvalue weighted by Gasteiger charge is 2.24. The molecule has 1 N–H and O–H groups in total. The van der Waals surface area contributed by atoms with Crippen LogP contribution in [0.5, 0.6) is 17.4 Å². The van der Waals surface area contributed by atoms with Gasteiger partial charge in [-0.25, -0.2) is 9.78 Å². The lowest BCUT2D eigenvalue weighted by molar-refractivity contribution is 0.198. The molecule has 1 atom stereocenters. The van der Waals surface area contributed by atoms with Crippen LogP contribution in [0.25, 0.3) is 6.08 Å². The molecule has 0 aliphatic carbocycles. The van der Waals surface area contributed by atoms with Gasteiger partial charge in [-0.15, -0.1) is 0 Å². The molecule has 0 saturated carbocycles. The molecule has 7 nitrogen and oxygen atoms in total. The first kappa shape index (κ1) is 22.3. The summed E-state index contributed by atoms with van der Waals surface area (Å²) in [6.07, 6.45) is 6.35. The number of nitrogens with zero attached hydrogens (tertiary/aromatic N) is 3. The van der Waals surface area contributed by atoms with Crippen molar-refractivity contribution < 1.29 is 14.3 Å². The second kappa shape index (κ2) is 10.2. The van der Waals surface area contributed by atoms with Crippen LogP contribution in [0.2, 0.25) is 0 Å². The maximum Gasteiger partial charge on any atom is 0.321 e. The molecule has 1 aliphatic heterocycles. The molecule has 1 aromatic carbocycles. The molecule has 170 valence electrons. The standard InChI is InChI=1S/C26H28N4O3/c1-18-17-30(26(31)29-22-8-10-25(32-3)28-15-22)12-11-21(18)13-20-5-4-6-23(14-20)33-24-9-7-19(2)27-16-24/h4-10,13-16,18H,11-12,17H2,1-3H3,(H,29,31)/b21-13+. The van der Waals surface area contributed by atoms with Gasteiger partial charge in [0, 0.05) is 24.8 Å². The number of urea groups is 1. The van der Waals surface area contributed by atoms with E-state index in [1.807, 2.05) is 42.2 Å². The van der Waals surface area contributed by atoms with Crippen LogP contribution in [-0.4, -0.2) is 41.1 Å². The Labute approximate surface area is 194 Å². The minimum atomic E-state index is -0.116. The number of anilines is 1. The molecule has 1 fully saturated rings. The van der Waals surface area contributed by atoms with Crippen molar-refractivity contribution in [1.82, 2.24) is 14.9 Å². The van der Waals surface area contributed by atoms with E-state index in [0.29, 0.717) is 30.4 Å². The quantitative estimate of drug-likeness (QED) is 0.559. The van der Waals surface area contributed by atoms with Crippen LogP contribution in [0, 0.1) is 12.8 Å². The molecule has 1 saturated heterocycles. The van der Waals surface area contributed by atoms with E-state index in [-0.39, 0.29) is 11.9 Å². The van der Waals surface area contributed by atoms with Gasteiger partial charge in [-0.2, -0.15) is 0 Å². The minimum Gasteiger partial charge on any atom is -0.481 e. The number of rotatable bonds is 5. The topological polar surface area (TPSA) is 76.6 Å². The summed E-state index contributed by atoms with van der Waals surface area (Å²) in [4.78, 5) is 22.9. The fourth-order valence-corrected chi connectivity index (χ4v) is 3.76. The van der Waals surface area contributed by atoms with Gasteiger partial charge in [-0.1, -0.05) is 30.7 Å². The number of benzene rings is 1. The monoisotopic (exact) mass is 444 g/mol. The molecule has 33 heavy (non-hydrogen) atoms. The molecule has 3 heterocycles.